The second-order valence-corrected chi connectivity index (χ2v) is 5.55. The summed E-state index contributed by atoms with van der Waals surface area (Å²) < 4.78 is 11.0. The third-order valence-electron chi connectivity index (χ3n) is 3.86. The third kappa shape index (κ3) is 4.74. The first-order valence-corrected chi connectivity index (χ1v) is 7.82. The van der Waals surface area contributed by atoms with Gasteiger partial charge < -0.3 is 14.8 Å². The van der Waals surface area contributed by atoms with Gasteiger partial charge in [0.1, 0.15) is 5.75 Å². The highest BCUT2D eigenvalue weighted by atomic mass is 16.5. The smallest absolute Gasteiger partial charge is 0.255 e. The van der Waals surface area contributed by atoms with Gasteiger partial charge in [0, 0.05) is 13.2 Å². The molecule has 21 heavy (non-hydrogen) atoms. The van der Waals surface area contributed by atoms with Crippen LogP contribution in [-0.4, -0.2) is 31.8 Å². The first-order valence-electron chi connectivity index (χ1n) is 7.82. The normalized spacial score (nSPS) is 21.8. The van der Waals surface area contributed by atoms with Gasteiger partial charge in [0.25, 0.3) is 5.91 Å². The Bertz CT molecular complexity index is 461. The Kier molecular flexibility index (Phi) is 6.05. The molecule has 1 aliphatic rings. The summed E-state index contributed by atoms with van der Waals surface area (Å²) in [5.41, 5.74) is 0.611. The Morgan fingerprint density at radius 3 is 3.00 bits per heavy atom. The van der Waals surface area contributed by atoms with E-state index in [-0.39, 0.29) is 5.91 Å². The van der Waals surface area contributed by atoms with Crippen LogP contribution < -0.4 is 10.1 Å². The van der Waals surface area contributed by atoms with Crippen LogP contribution in [0, 0.1) is 5.92 Å². The number of para-hydroxylation sites is 1. The molecule has 0 saturated carbocycles. The average Bonchev–Trinajstić information content (AvgIpc) is 2.48. The summed E-state index contributed by atoms with van der Waals surface area (Å²) in [6, 6.07) is 7.37. The van der Waals surface area contributed by atoms with Gasteiger partial charge in [0.2, 0.25) is 0 Å². The maximum absolute atomic E-state index is 12.2. The van der Waals surface area contributed by atoms with Gasteiger partial charge >= 0.3 is 0 Å². The van der Waals surface area contributed by atoms with E-state index in [1.165, 1.54) is 0 Å². The van der Waals surface area contributed by atoms with E-state index in [9.17, 15) is 4.79 Å². The summed E-state index contributed by atoms with van der Waals surface area (Å²) in [5, 5.41) is 3.00. The van der Waals surface area contributed by atoms with Crippen LogP contribution in [0.25, 0.3) is 0 Å². The molecule has 1 N–H and O–H groups in total. The number of rotatable bonds is 6. The number of ether oxygens (including phenoxy) is 2. The highest BCUT2D eigenvalue weighted by molar-refractivity contribution is 5.96. The molecule has 1 amide bonds. The molecule has 0 unspecified atom stereocenters. The maximum Gasteiger partial charge on any atom is 0.255 e. The largest absolute Gasteiger partial charge is 0.493 e. The fourth-order valence-corrected chi connectivity index (χ4v) is 2.77. The summed E-state index contributed by atoms with van der Waals surface area (Å²) in [6.45, 7) is 6.14. The molecule has 1 aromatic rings. The zero-order valence-corrected chi connectivity index (χ0v) is 12.9. The predicted octanol–water partition coefficient (Wildman–Crippen LogP) is 3.02. The average molecular weight is 291 g/mol. The molecule has 4 heteroatoms. The zero-order valence-electron chi connectivity index (χ0n) is 12.9. The number of benzene rings is 1. The van der Waals surface area contributed by atoms with E-state index in [2.05, 4.69) is 12.2 Å². The highest BCUT2D eigenvalue weighted by Crippen LogP contribution is 2.22. The van der Waals surface area contributed by atoms with Gasteiger partial charge in [0.05, 0.1) is 18.3 Å². The lowest BCUT2D eigenvalue weighted by atomic mass is 9.93. The summed E-state index contributed by atoms with van der Waals surface area (Å²) >= 11 is 0. The summed E-state index contributed by atoms with van der Waals surface area (Å²) in [4.78, 5) is 12.2. The lowest BCUT2D eigenvalue weighted by Gasteiger charge is -2.27. The number of nitrogens with one attached hydrogen (secondary N) is 1. The molecule has 2 rings (SSSR count). The van der Waals surface area contributed by atoms with Gasteiger partial charge in [-0.1, -0.05) is 12.1 Å². The molecule has 1 saturated heterocycles. The van der Waals surface area contributed by atoms with Crippen LogP contribution in [-0.2, 0) is 4.74 Å². The van der Waals surface area contributed by atoms with Crippen LogP contribution in [0.4, 0.5) is 0 Å². The van der Waals surface area contributed by atoms with Crippen molar-refractivity contribution in [2.24, 2.45) is 5.92 Å². The summed E-state index contributed by atoms with van der Waals surface area (Å²) in [7, 11) is 0. The second kappa shape index (κ2) is 8.03. The van der Waals surface area contributed by atoms with Crippen molar-refractivity contribution < 1.29 is 14.3 Å². The zero-order chi connectivity index (χ0) is 15.1. The van der Waals surface area contributed by atoms with Crippen LogP contribution in [0.3, 0.4) is 0 Å². The van der Waals surface area contributed by atoms with Gasteiger partial charge in [-0.25, -0.2) is 0 Å². The van der Waals surface area contributed by atoms with E-state index in [4.69, 9.17) is 9.47 Å². The Labute approximate surface area is 126 Å². The van der Waals surface area contributed by atoms with Crippen molar-refractivity contribution in [3.8, 4) is 5.75 Å². The van der Waals surface area contributed by atoms with Gasteiger partial charge in [-0.15, -0.1) is 0 Å². The Morgan fingerprint density at radius 2 is 2.24 bits per heavy atom. The first kappa shape index (κ1) is 15.8. The molecule has 0 spiro atoms. The van der Waals surface area contributed by atoms with Crippen LogP contribution >= 0.6 is 0 Å². The van der Waals surface area contributed by atoms with Crippen molar-refractivity contribution in [2.45, 2.75) is 39.2 Å². The highest BCUT2D eigenvalue weighted by Gasteiger charge is 2.19. The maximum atomic E-state index is 12.2. The van der Waals surface area contributed by atoms with Crippen LogP contribution in [0.5, 0.6) is 5.75 Å². The fourth-order valence-electron chi connectivity index (χ4n) is 2.77. The van der Waals surface area contributed by atoms with Crippen molar-refractivity contribution in [3.05, 3.63) is 29.8 Å². The lowest BCUT2D eigenvalue weighted by molar-refractivity contribution is 0.00109. The number of amides is 1. The van der Waals surface area contributed by atoms with E-state index in [0.29, 0.717) is 36.5 Å². The Hall–Kier alpha value is -1.55. The van der Waals surface area contributed by atoms with E-state index in [1.807, 2.05) is 25.1 Å². The SMILES string of the molecule is CCOc1ccccc1C(=O)NCC[C@H]1CCO[C@H](C)C1. The monoisotopic (exact) mass is 291 g/mol. The Morgan fingerprint density at radius 1 is 1.43 bits per heavy atom. The molecule has 1 aliphatic heterocycles. The van der Waals surface area contributed by atoms with Gasteiger partial charge in [-0.3, -0.25) is 4.79 Å². The van der Waals surface area contributed by atoms with Gasteiger partial charge in [-0.2, -0.15) is 0 Å². The van der Waals surface area contributed by atoms with E-state index in [0.717, 1.165) is 25.9 Å². The third-order valence-corrected chi connectivity index (χ3v) is 3.86. The summed E-state index contributed by atoms with van der Waals surface area (Å²) in [6.07, 6.45) is 3.54. The molecule has 1 fully saturated rings. The van der Waals surface area contributed by atoms with Crippen LogP contribution in [0.15, 0.2) is 24.3 Å². The fraction of sp³-hybridized carbons (Fsp3) is 0.588. The molecule has 1 heterocycles. The lowest BCUT2D eigenvalue weighted by Crippen LogP contribution is -2.29. The molecule has 0 radical (unpaired) electrons. The predicted molar refractivity (Wildman–Crippen MR) is 82.7 cm³/mol. The molecule has 4 nitrogen and oxygen atoms in total. The van der Waals surface area contributed by atoms with Crippen molar-refractivity contribution in [1.29, 1.82) is 0 Å². The molecular weight excluding hydrogens is 266 g/mol. The van der Waals surface area contributed by atoms with Crippen LogP contribution in [0.2, 0.25) is 0 Å². The minimum atomic E-state index is -0.0563. The first-order chi connectivity index (χ1) is 10.2. The second-order valence-electron chi connectivity index (χ2n) is 5.55. The molecule has 116 valence electrons. The molecular formula is C17H25NO3. The minimum absolute atomic E-state index is 0.0563. The summed E-state index contributed by atoms with van der Waals surface area (Å²) in [5.74, 6) is 1.24. The molecule has 0 aliphatic carbocycles. The molecule has 2 atom stereocenters. The topological polar surface area (TPSA) is 47.6 Å². The van der Waals surface area contributed by atoms with Crippen LogP contribution in [0.1, 0.15) is 43.5 Å². The standard InChI is InChI=1S/C17H25NO3/c1-3-20-16-7-5-4-6-15(16)17(19)18-10-8-14-9-11-21-13(2)12-14/h4-7,13-14H,3,8-12H2,1-2H3,(H,18,19)/t13-,14+/m1/s1. The van der Waals surface area contributed by atoms with Gasteiger partial charge in [0.15, 0.2) is 0 Å². The molecule has 0 aromatic heterocycles. The number of carbonyl (C=O) groups is 1. The quantitative estimate of drug-likeness (QED) is 0.876. The Balaban J connectivity index is 1.81. The number of hydrogen-bond donors (Lipinski definition) is 1. The van der Waals surface area contributed by atoms with Crippen molar-refractivity contribution in [3.63, 3.8) is 0 Å². The minimum Gasteiger partial charge on any atom is -0.493 e. The molecule has 1 aromatic carbocycles. The molecule has 0 bridgehead atoms. The van der Waals surface area contributed by atoms with E-state index >= 15 is 0 Å². The number of carbonyl (C=O) groups excluding carboxylic acids is 1. The van der Waals surface area contributed by atoms with Crippen molar-refractivity contribution >= 4 is 5.91 Å². The van der Waals surface area contributed by atoms with Gasteiger partial charge in [-0.05, 0) is 51.2 Å². The van der Waals surface area contributed by atoms with Crippen molar-refractivity contribution in [1.82, 2.24) is 5.32 Å². The van der Waals surface area contributed by atoms with Crippen molar-refractivity contribution in [2.75, 3.05) is 19.8 Å². The van der Waals surface area contributed by atoms with E-state index in [1.54, 1.807) is 6.07 Å². The number of hydrogen-bond acceptors (Lipinski definition) is 3. The van der Waals surface area contributed by atoms with E-state index < -0.39 is 0 Å².